The number of non-ortho nitro benzene ring substituents is 1. The van der Waals surface area contributed by atoms with E-state index in [1.54, 1.807) is 6.08 Å². The molecule has 3 atom stereocenters. The molecule has 3 amide bonds. The van der Waals surface area contributed by atoms with Crippen LogP contribution in [0.3, 0.4) is 0 Å². The summed E-state index contributed by atoms with van der Waals surface area (Å²) in [5.41, 5.74) is -0.154. The van der Waals surface area contributed by atoms with E-state index in [4.69, 9.17) is 16.3 Å². The van der Waals surface area contributed by atoms with Gasteiger partial charge in [-0.1, -0.05) is 17.7 Å². The molecule has 1 aromatic rings. The average molecular weight is 408 g/mol. The highest BCUT2D eigenvalue weighted by atomic mass is 35.5. The summed E-state index contributed by atoms with van der Waals surface area (Å²) in [7, 11) is 1.36. The van der Waals surface area contributed by atoms with Gasteiger partial charge in [-0.2, -0.15) is 0 Å². The highest BCUT2D eigenvalue weighted by Crippen LogP contribution is 2.40. The number of carbonyl (C=O) groups excluding carboxylic acids is 3. The van der Waals surface area contributed by atoms with E-state index in [-0.39, 0.29) is 23.5 Å². The van der Waals surface area contributed by atoms with Crippen LogP contribution >= 0.6 is 11.6 Å². The Morgan fingerprint density at radius 1 is 1.36 bits per heavy atom. The molecular weight excluding hydrogens is 390 g/mol. The number of methoxy groups -OCH3 is 1. The number of nitro benzene ring substituents is 1. The maximum absolute atomic E-state index is 12.7. The van der Waals surface area contributed by atoms with Crippen molar-refractivity contribution in [3.05, 3.63) is 39.4 Å². The van der Waals surface area contributed by atoms with Gasteiger partial charge in [0.25, 0.3) is 5.69 Å². The zero-order valence-electron chi connectivity index (χ0n) is 15.2. The number of rotatable bonds is 5. The molecule has 0 unspecified atom stereocenters. The minimum atomic E-state index is -1.09. The molecule has 0 saturated carbocycles. The fourth-order valence-corrected chi connectivity index (χ4v) is 3.75. The summed E-state index contributed by atoms with van der Waals surface area (Å²) in [5, 5.41) is 14.0. The molecule has 3 rings (SSSR count). The standard InChI is InChI=1S/C18H18ClN3O6/c1-9(21-17(24)12-5-3-10(19)7-13(12)18(21)25)16(23)20-14-8-11(22(26)27)4-6-15(14)28-2/h3-4,6,8-9,12-13H,5,7H2,1-2H3,(H,20,23)/t9-,12-,13-/m0/s1. The van der Waals surface area contributed by atoms with Crippen LogP contribution in [0.4, 0.5) is 11.4 Å². The van der Waals surface area contributed by atoms with Crippen molar-refractivity contribution >= 4 is 40.7 Å². The van der Waals surface area contributed by atoms with Gasteiger partial charge in [-0.15, -0.1) is 0 Å². The number of nitro groups is 1. The van der Waals surface area contributed by atoms with Gasteiger partial charge in [0.05, 0.1) is 29.6 Å². The predicted octanol–water partition coefficient (Wildman–Crippen LogP) is 2.45. The number of halogens is 1. The molecule has 1 aromatic carbocycles. The van der Waals surface area contributed by atoms with Crippen molar-refractivity contribution in [2.75, 3.05) is 12.4 Å². The molecule has 1 heterocycles. The average Bonchev–Trinajstić information content (AvgIpc) is 2.90. The SMILES string of the molecule is COc1ccc([N+](=O)[O-])cc1NC(=O)[C@H](C)N1C(=O)[C@H]2CC=C(Cl)C[C@@H]2C1=O. The van der Waals surface area contributed by atoms with Crippen molar-refractivity contribution in [1.82, 2.24) is 4.90 Å². The van der Waals surface area contributed by atoms with Crippen LogP contribution in [0, 0.1) is 22.0 Å². The predicted molar refractivity (Wildman–Crippen MR) is 99.7 cm³/mol. The van der Waals surface area contributed by atoms with Crippen molar-refractivity contribution in [1.29, 1.82) is 0 Å². The van der Waals surface area contributed by atoms with Crippen LogP contribution in [-0.2, 0) is 14.4 Å². The van der Waals surface area contributed by atoms with E-state index in [0.717, 1.165) is 11.0 Å². The molecule has 1 fully saturated rings. The molecule has 1 N–H and O–H groups in total. The third kappa shape index (κ3) is 3.45. The first kappa shape index (κ1) is 19.8. The molecule has 0 bridgehead atoms. The van der Waals surface area contributed by atoms with Crippen LogP contribution in [0.2, 0.25) is 0 Å². The molecule has 0 spiro atoms. The lowest BCUT2D eigenvalue weighted by Crippen LogP contribution is -2.46. The third-order valence-corrected chi connectivity index (χ3v) is 5.33. The van der Waals surface area contributed by atoms with Crippen molar-refractivity contribution in [2.45, 2.75) is 25.8 Å². The second-order valence-electron chi connectivity index (χ2n) is 6.66. The lowest BCUT2D eigenvalue weighted by molar-refractivity contribution is -0.384. The topological polar surface area (TPSA) is 119 Å². The highest BCUT2D eigenvalue weighted by molar-refractivity contribution is 6.30. The van der Waals surface area contributed by atoms with Crippen LogP contribution in [0.5, 0.6) is 5.75 Å². The maximum Gasteiger partial charge on any atom is 0.271 e. The maximum atomic E-state index is 12.7. The minimum Gasteiger partial charge on any atom is -0.495 e. The van der Waals surface area contributed by atoms with Gasteiger partial charge >= 0.3 is 0 Å². The van der Waals surface area contributed by atoms with E-state index in [9.17, 15) is 24.5 Å². The molecule has 28 heavy (non-hydrogen) atoms. The number of anilines is 1. The van der Waals surface area contributed by atoms with Crippen LogP contribution in [0.15, 0.2) is 29.3 Å². The normalized spacial score (nSPS) is 22.4. The summed E-state index contributed by atoms with van der Waals surface area (Å²) in [5.74, 6) is -2.36. The molecule has 148 valence electrons. The molecule has 1 aliphatic carbocycles. The molecule has 1 saturated heterocycles. The third-order valence-electron chi connectivity index (χ3n) is 5.02. The Morgan fingerprint density at radius 3 is 2.68 bits per heavy atom. The van der Waals surface area contributed by atoms with Gasteiger partial charge in [0.2, 0.25) is 17.7 Å². The van der Waals surface area contributed by atoms with Crippen LogP contribution < -0.4 is 10.1 Å². The van der Waals surface area contributed by atoms with Gasteiger partial charge in [-0.05, 0) is 25.8 Å². The number of benzene rings is 1. The summed E-state index contributed by atoms with van der Waals surface area (Å²) < 4.78 is 5.11. The number of hydrogen-bond acceptors (Lipinski definition) is 6. The van der Waals surface area contributed by atoms with E-state index >= 15 is 0 Å². The molecule has 1 aliphatic heterocycles. The van der Waals surface area contributed by atoms with E-state index in [0.29, 0.717) is 11.5 Å². The van der Waals surface area contributed by atoms with Crippen molar-refractivity contribution in [2.24, 2.45) is 11.8 Å². The van der Waals surface area contributed by atoms with Crippen molar-refractivity contribution in [3.63, 3.8) is 0 Å². The molecule has 9 nitrogen and oxygen atoms in total. The number of allylic oxidation sites excluding steroid dienone is 2. The van der Waals surface area contributed by atoms with Gasteiger partial charge in [0.15, 0.2) is 0 Å². The molecular formula is C18H18ClN3O6. The Morgan fingerprint density at radius 2 is 2.04 bits per heavy atom. The van der Waals surface area contributed by atoms with E-state index in [2.05, 4.69) is 5.32 Å². The van der Waals surface area contributed by atoms with Crippen molar-refractivity contribution in [3.8, 4) is 5.75 Å². The lowest BCUT2D eigenvalue weighted by atomic mass is 9.85. The lowest BCUT2D eigenvalue weighted by Gasteiger charge is -2.22. The van der Waals surface area contributed by atoms with Crippen LogP contribution in [0.1, 0.15) is 19.8 Å². The van der Waals surface area contributed by atoms with Crippen molar-refractivity contribution < 1.29 is 24.0 Å². The Balaban J connectivity index is 1.80. The summed E-state index contributed by atoms with van der Waals surface area (Å²) in [6.07, 6.45) is 2.36. The fraction of sp³-hybridized carbons (Fsp3) is 0.389. The number of nitrogens with zero attached hydrogens (tertiary/aromatic N) is 2. The zero-order chi connectivity index (χ0) is 20.6. The number of imide groups is 1. The minimum absolute atomic E-state index is 0.0785. The van der Waals surface area contributed by atoms with Gasteiger partial charge in [-0.3, -0.25) is 29.4 Å². The largest absolute Gasteiger partial charge is 0.495 e. The number of nitrogens with one attached hydrogen (secondary N) is 1. The van der Waals surface area contributed by atoms with Gasteiger partial charge in [0, 0.05) is 17.2 Å². The molecule has 0 radical (unpaired) electrons. The van der Waals surface area contributed by atoms with Crippen LogP contribution in [-0.4, -0.2) is 40.7 Å². The van der Waals surface area contributed by atoms with Gasteiger partial charge in [-0.25, -0.2) is 0 Å². The first-order chi connectivity index (χ1) is 13.2. The smallest absolute Gasteiger partial charge is 0.271 e. The van der Waals surface area contributed by atoms with E-state index in [1.165, 1.54) is 26.2 Å². The Bertz CT molecular complexity index is 899. The van der Waals surface area contributed by atoms with E-state index in [1.807, 2.05) is 0 Å². The second-order valence-corrected chi connectivity index (χ2v) is 7.14. The Kier molecular flexibility index (Phi) is 5.37. The Labute approximate surface area is 165 Å². The molecule has 2 aliphatic rings. The highest BCUT2D eigenvalue weighted by Gasteiger charge is 2.51. The number of hydrogen-bond donors (Lipinski definition) is 1. The number of fused-ring (bicyclic) bond motifs is 1. The number of amides is 3. The van der Waals surface area contributed by atoms with E-state index < -0.39 is 40.5 Å². The summed E-state index contributed by atoms with van der Waals surface area (Å²) in [4.78, 5) is 49.4. The second kappa shape index (κ2) is 7.59. The first-order valence-electron chi connectivity index (χ1n) is 8.59. The molecule has 0 aromatic heterocycles. The summed E-state index contributed by atoms with van der Waals surface area (Å²) in [6, 6.07) is 2.66. The molecule has 10 heteroatoms. The summed E-state index contributed by atoms with van der Waals surface area (Å²) in [6.45, 7) is 1.43. The fourth-order valence-electron chi connectivity index (χ4n) is 3.50. The summed E-state index contributed by atoms with van der Waals surface area (Å²) >= 11 is 6.00. The van der Waals surface area contributed by atoms with Gasteiger partial charge < -0.3 is 10.1 Å². The van der Waals surface area contributed by atoms with Gasteiger partial charge in [0.1, 0.15) is 11.8 Å². The zero-order valence-corrected chi connectivity index (χ0v) is 15.9. The first-order valence-corrected chi connectivity index (χ1v) is 8.97. The van der Waals surface area contributed by atoms with Crippen LogP contribution in [0.25, 0.3) is 0 Å². The number of ether oxygens (including phenoxy) is 1. The number of carbonyl (C=O) groups is 3. The Hall–Kier alpha value is -2.94. The monoisotopic (exact) mass is 407 g/mol. The quantitative estimate of drug-likeness (QED) is 0.455. The number of likely N-dealkylation sites (tertiary alicyclic amines) is 1.